The van der Waals surface area contributed by atoms with Gasteiger partial charge in [0.25, 0.3) is 5.56 Å². The van der Waals surface area contributed by atoms with Gasteiger partial charge in [-0.1, -0.05) is 35.9 Å². The number of fused-ring (bicyclic) bond motifs is 1. The van der Waals surface area contributed by atoms with Gasteiger partial charge < -0.3 is 5.32 Å². The van der Waals surface area contributed by atoms with E-state index in [-0.39, 0.29) is 24.9 Å². The van der Waals surface area contributed by atoms with Gasteiger partial charge in [0.1, 0.15) is 0 Å². The Morgan fingerprint density at radius 2 is 1.85 bits per heavy atom. The number of hydrogen-bond acceptors (Lipinski definition) is 3. The van der Waals surface area contributed by atoms with Gasteiger partial charge in [-0.3, -0.25) is 19.1 Å². The Morgan fingerprint density at radius 3 is 2.58 bits per heavy atom. The zero-order chi connectivity index (χ0) is 18.7. The molecule has 0 saturated heterocycles. The number of aryl methyl sites for hydroxylation is 1. The smallest absolute Gasteiger partial charge is 0.328 e. The molecule has 2 N–H and O–H groups in total. The number of aromatic amines is 1. The van der Waals surface area contributed by atoms with Crippen molar-refractivity contribution in [3.05, 3.63) is 80.0 Å². The third kappa shape index (κ3) is 3.86. The van der Waals surface area contributed by atoms with E-state index in [4.69, 9.17) is 11.6 Å². The van der Waals surface area contributed by atoms with Crippen molar-refractivity contribution in [3.8, 4) is 0 Å². The van der Waals surface area contributed by atoms with Gasteiger partial charge in [0.15, 0.2) is 0 Å². The first-order chi connectivity index (χ1) is 12.5. The average Bonchev–Trinajstić information content (AvgIpc) is 2.62. The molecule has 1 amide bonds. The van der Waals surface area contributed by atoms with Gasteiger partial charge in [0.05, 0.1) is 16.9 Å². The number of aromatic nitrogens is 2. The van der Waals surface area contributed by atoms with Crippen LogP contribution < -0.4 is 16.6 Å². The van der Waals surface area contributed by atoms with Crippen molar-refractivity contribution < 1.29 is 4.79 Å². The summed E-state index contributed by atoms with van der Waals surface area (Å²) in [4.78, 5) is 38.5. The van der Waals surface area contributed by atoms with Crippen LogP contribution in [0, 0.1) is 0 Å². The van der Waals surface area contributed by atoms with Crippen molar-refractivity contribution in [1.29, 1.82) is 0 Å². The largest absolute Gasteiger partial charge is 0.350 e. The molecule has 0 radical (unpaired) electrons. The van der Waals surface area contributed by atoms with Crippen LogP contribution >= 0.6 is 11.6 Å². The second-order valence-electron chi connectivity index (χ2n) is 6.02. The molecular formula is C19H18ClN3O3. The van der Waals surface area contributed by atoms with Gasteiger partial charge in [-0.15, -0.1) is 0 Å². The number of nitrogens with one attached hydrogen (secondary N) is 2. The third-order valence-electron chi connectivity index (χ3n) is 4.22. The minimum absolute atomic E-state index is 0.119. The monoisotopic (exact) mass is 371 g/mol. The number of amides is 1. The number of carbonyl (C=O) groups is 1. The molecule has 26 heavy (non-hydrogen) atoms. The lowest BCUT2D eigenvalue weighted by atomic mass is 10.1. The van der Waals surface area contributed by atoms with Gasteiger partial charge >= 0.3 is 5.69 Å². The van der Waals surface area contributed by atoms with Gasteiger partial charge in [-0.25, -0.2) is 4.79 Å². The quantitative estimate of drug-likeness (QED) is 0.723. The van der Waals surface area contributed by atoms with E-state index in [1.807, 2.05) is 19.1 Å². The minimum atomic E-state index is -0.521. The molecule has 0 saturated carbocycles. The van der Waals surface area contributed by atoms with E-state index in [0.717, 1.165) is 5.56 Å². The third-order valence-corrected chi connectivity index (χ3v) is 4.47. The van der Waals surface area contributed by atoms with Gasteiger partial charge in [0.2, 0.25) is 5.91 Å². The predicted octanol–water partition coefficient (Wildman–Crippen LogP) is 2.61. The summed E-state index contributed by atoms with van der Waals surface area (Å²) in [5, 5.41) is 3.95. The summed E-state index contributed by atoms with van der Waals surface area (Å²) < 4.78 is 1.41. The molecule has 7 heteroatoms. The number of rotatable bonds is 5. The normalized spacial score (nSPS) is 12.1. The van der Waals surface area contributed by atoms with E-state index in [1.54, 1.807) is 36.4 Å². The molecule has 6 nitrogen and oxygen atoms in total. The molecule has 1 atom stereocenters. The van der Waals surface area contributed by atoms with E-state index in [2.05, 4.69) is 10.3 Å². The molecule has 0 fully saturated rings. The number of H-pyrrole nitrogens is 1. The zero-order valence-electron chi connectivity index (χ0n) is 14.2. The van der Waals surface area contributed by atoms with Crippen molar-refractivity contribution in [2.75, 3.05) is 0 Å². The molecule has 3 rings (SSSR count). The molecule has 0 aliphatic carbocycles. The Hall–Kier alpha value is -2.86. The molecule has 0 spiro atoms. The fraction of sp³-hybridized carbons (Fsp3) is 0.211. The van der Waals surface area contributed by atoms with Gasteiger partial charge in [-0.2, -0.15) is 0 Å². The van der Waals surface area contributed by atoms with E-state index in [0.29, 0.717) is 15.9 Å². The maximum atomic E-state index is 12.3. The van der Waals surface area contributed by atoms with Crippen LogP contribution in [0.3, 0.4) is 0 Å². The van der Waals surface area contributed by atoms with Crippen LogP contribution in [0.5, 0.6) is 0 Å². The van der Waals surface area contributed by atoms with Crippen LogP contribution in [0.1, 0.15) is 24.9 Å². The summed E-state index contributed by atoms with van der Waals surface area (Å²) in [6, 6.07) is 13.9. The SMILES string of the molecule is CC(NC(=O)CCn1c(=O)[nH]c(=O)c2ccccc21)c1ccc(Cl)cc1. The van der Waals surface area contributed by atoms with Crippen molar-refractivity contribution in [1.82, 2.24) is 14.9 Å². The second-order valence-corrected chi connectivity index (χ2v) is 6.46. The van der Waals surface area contributed by atoms with Crippen LogP contribution in [0.15, 0.2) is 58.1 Å². The summed E-state index contributed by atoms with van der Waals surface area (Å²) >= 11 is 5.87. The van der Waals surface area contributed by atoms with Crippen LogP contribution in [0.4, 0.5) is 0 Å². The Balaban J connectivity index is 1.72. The summed E-state index contributed by atoms with van der Waals surface area (Å²) in [6.07, 6.45) is 0.119. The summed E-state index contributed by atoms with van der Waals surface area (Å²) in [7, 11) is 0. The van der Waals surface area contributed by atoms with Crippen LogP contribution in [0.2, 0.25) is 5.02 Å². The first-order valence-electron chi connectivity index (χ1n) is 8.22. The van der Waals surface area contributed by atoms with E-state index in [9.17, 15) is 14.4 Å². The fourth-order valence-electron chi connectivity index (χ4n) is 2.83. The summed E-state index contributed by atoms with van der Waals surface area (Å²) in [6.45, 7) is 2.05. The maximum absolute atomic E-state index is 12.3. The topological polar surface area (TPSA) is 84.0 Å². The lowest BCUT2D eigenvalue weighted by molar-refractivity contribution is -0.121. The van der Waals surface area contributed by atoms with E-state index >= 15 is 0 Å². The maximum Gasteiger partial charge on any atom is 0.328 e. The fourth-order valence-corrected chi connectivity index (χ4v) is 2.95. The highest BCUT2D eigenvalue weighted by Crippen LogP contribution is 2.16. The number of benzene rings is 2. The number of carbonyl (C=O) groups excluding carboxylic acids is 1. The molecule has 2 aromatic carbocycles. The lowest BCUT2D eigenvalue weighted by Gasteiger charge is -2.15. The van der Waals surface area contributed by atoms with Crippen LogP contribution in [-0.4, -0.2) is 15.5 Å². The van der Waals surface area contributed by atoms with Crippen molar-refractivity contribution >= 4 is 28.4 Å². The Morgan fingerprint density at radius 1 is 1.15 bits per heavy atom. The van der Waals surface area contributed by atoms with E-state index < -0.39 is 11.2 Å². The van der Waals surface area contributed by atoms with Gasteiger partial charge in [0, 0.05) is 18.0 Å². The molecule has 3 aromatic rings. The van der Waals surface area contributed by atoms with E-state index in [1.165, 1.54) is 4.57 Å². The minimum Gasteiger partial charge on any atom is -0.350 e. The van der Waals surface area contributed by atoms with Crippen molar-refractivity contribution in [2.24, 2.45) is 0 Å². The number of halogens is 1. The Labute approximate surface area is 154 Å². The molecule has 1 unspecified atom stereocenters. The highest BCUT2D eigenvalue weighted by atomic mass is 35.5. The average molecular weight is 372 g/mol. The molecule has 0 aliphatic heterocycles. The highest BCUT2D eigenvalue weighted by molar-refractivity contribution is 6.30. The molecular weight excluding hydrogens is 354 g/mol. The molecule has 0 aliphatic rings. The van der Waals surface area contributed by atoms with Crippen LogP contribution in [-0.2, 0) is 11.3 Å². The van der Waals surface area contributed by atoms with Crippen molar-refractivity contribution in [2.45, 2.75) is 25.9 Å². The number of para-hydroxylation sites is 1. The lowest BCUT2D eigenvalue weighted by Crippen LogP contribution is -2.33. The Bertz CT molecular complexity index is 1050. The molecule has 1 aromatic heterocycles. The molecule has 0 bridgehead atoms. The van der Waals surface area contributed by atoms with Gasteiger partial charge in [-0.05, 0) is 36.8 Å². The number of hydrogen-bond donors (Lipinski definition) is 2. The summed E-state index contributed by atoms with van der Waals surface area (Å²) in [5.41, 5.74) is 0.504. The number of nitrogens with zero attached hydrogens (tertiary/aromatic N) is 1. The summed E-state index contributed by atoms with van der Waals surface area (Å²) in [5.74, 6) is -0.186. The molecule has 1 heterocycles. The van der Waals surface area contributed by atoms with Crippen LogP contribution in [0.25, 0.3) is 10.9 Å². The zero-order valence-corrected chi connectivity index (χ0v) is 14.9. The molecule has 134 valence electrons. The standard InChI is InChI=1S/C19H18ClN3O3/c1-12(13-6-8-14(20)9-7-13)21-17(24)10-11-23-16-5-3-2-4-15(16)18(25)22-19(23)26/h2-9,12H,10-11H2,1H3,(H,21,24)(H,22,25,26). The first kappa shape index (κ1) is 17.9. The second kappa shape index (κ2) is 7.58. The first-order valence-corrected chi connectivity index (χ1v) is 8.60. The predicted molar refractivity (Wildman–Crippen MR) is 101 cm³/mol. The Kier molecular flexibility index (Phi) is 5.23. The highest BCUT2D eigenvalue weighted by Gasteiger charge is 2.12. The van der Waals surface area contributed by atoms with Crippen molar-refractivity contribution in [3.63, 3.8) is 0 Å².